The second kappa shape index (κ2) is 4.23. The van der Waals surface area contributed by atoms with Gasteiger partial charge in [-0.05, 0) is 27.7 Å². The van der Waals surface area contributed by atoms with Gasteiger partial charge in [0.05, 0.1) is 12.0 Å². The third-order valence-corrected chi connectivity index (χ3v) is 2.01. The van der Waals surface area contributed by atoms with E-state index in [0.717, 1.165) is 0 Å². The summed E-state index contributed by atoms with van der Waals surface area (Å²) in [5.41, 5.74) is 0.692. The fraction of sp³-hybridized carbons (Fsp3) is 0.667. The predicted molar refractivity (Wildman–Crippen MR) is 55.0 cm³/mol. The lowest BCUT2D eigenvalue weighted by Gasteiger charge is -2.14. The van der Waals surface area contributed by atoms with Crippen molar-refractivity contribution in [3.05, 3.63) is 11.5 Å². The Morgan fingerprint density at radius 1 is 1.29 bits per heavy atom. The fourth-order valence-corrected chi connectivity index (χ4v) is 1.05. The Morgan fingerprint density at radius 3 is 2.36 bits per heavy atom. The second-order valence-electron chi connectivity index (χ2n) is 4.00. The summed E-state index contributed by atoms with van der Waals surface area (Å²) < 4.78 is 9.93. The molecule has 4 nitrogen and oxygen atoms in total. The van der Waals surface area contributed by atoms with Gasteiger partial charge in [0.25, 0.3) is 0 Å². The summed E-state index contributed by atoms with van der Waals surface area (Å²) in [6.07, 6.45) is 0. The van der Waals surface area contributed by atoms with Crippen molar-refractivity contribution in [2.45, 2.75) is 39.4 Å². The smallest absolute Gasteiger partial charge is 0.231 e. The Morgan fingerprint density at radius 2 is 1.93 bits per heavy atom. The molecule has 0 amide bonds. The molecule has 0 aliphatic rings. The first kappa shape index (κ1) is 11.4. The summed E-state index contributed by atoms with van der Waals surface area (Å²) in [7, 11) is 0. The SMILES string of the molecule is Cc1noc(C)c1OOSC(C)(C)C. The molecule has 0 atom stereocenters. The van der Waals surface area contributed by atoms with Crippen LogP contribution in [0.25, 0.3) is 0 Å². The van der Waals surface area contributed by atoms with Crippen LogP contribution in [0.5, 0.6) is 5.75 Å². The largest absolute Gasteiger partial charge is 0.357 e. The van der Waals surface area contributed by atoms with Crippen molar-refractivity contribution >= 4 is 12.0 Å². The Balaban J connectivity index is 2.46. The molecule has 80 valence electrons. The minimum absolute atomic E-state index is 0.00102. The monoisotopic (exact) mass is 217 g/mol. The molecule has 0 aliphatic carbocycles. The lowest BCUT2D eigenvalue weighted by molar-refractivity contribution is -0.0812. The number of aromatic nitrogens is 1. The Kier molecular flexibility index (Phi) is 3.44. The molecule has 0 saturated carbocycles. The molecule has 0 spiro atoms. The lowest BCUT2D eigenvalue weighted by Crippen LogP contribution is -2.09. The normalized spacial score (nSPS) is 11.8. The van der Waals surface area contributed by atoms with E-state index in [0.29, 0.717) is 17.2 Å². The zero-order chi connectivity index (χ0) is 10.8. The summed E-state index contributed by atoms with van der Waals surface area (Å²) in [5.74, 6) is 1.18. The first-order valence-corrected chi connectivity index (χ1v) is 5.09. The van der Waals surface area contributed by atoms with Crippen LogP contribution in [0.2, 0.25) is 0 Å². The Hall–Kier alpha value is -0.680. The standard InChI is InChI=1S/C9H15NO3S/c1-6-8(7(2)11-10-6)12-13-14-9(3,4)5/h1-5H3. The van der Waals surface area contributed by atoms with E-state index in [9.17, 15) is 0 Å². The molecule has 1 heterocycles. The van der Waals surface area contributed by atoms with Gasteiger partial charge in [0.1, 0.15) is 5.69 Å². The molecule has 0 fully saturated rings. The lowest BCUT2D eigenvalue weighted by atomic mass is 10.3. The first-order valence-electron chi connectivity index (χ1n) is 4.35. The van der Waals surface area contributed by atoms with Crippen molar-refractivity contribution < 1.29 is 13.7 Å². The molecular weight excluding hydrogens is 202 g/mol. The summed E-state index contributed by atoms with van der Waals surface area (Å²) in [5, 5.41) is 3.74. The molecule has 0 N–H and O–H groups in total. The van der Waals surface area contributed by atoms with Crippen molar-refractivity contribution in [3.63, 3.8) is 0 Å². The number of hydrogen-bond donors (Lipinski definition) is 0. The summed E-state index contributed by atoms with van der Waals surface area (Å²) in [6.45, 7) is 9.69. The number of nitrogens with zero attached hydrogens (tertiary/aromatic N) is 1. The van der Waals surface area contributed by atoms with Crippen LogP contribution in [0.15, 0.2) is 4.52 Å². The molecule has 0 saturated heterocycles. The van der Waals surface area contributed by atoms with Crippen LogP contribution in [0, 0.1) is 13.8 Å². The van der Waals surface area contributed by atoms with Crippen LogP contribution in [0.3, 0.4) is 0 Å². The molecule has 0 aromatic carbocycles. The average molecular weight is 217 g/mol. The molecule has 5 heteroatoms. The van der Waals surface area contributed by atoms with Crippen molar-refractivity contribution in [1.29, 1.82) is 0 Å². The molecule has 1 aromatic rings. The molecule has 0 radical (unpaired) electrons. The topological polar surface area (TPSA) is 44.5 Å². The summed E-state index contributed by atoms with van der Waals surface area (Å²) in [6, 6.07) is 0. The van der Waals surface area contributed by atoms with E-state index >= 15 is 0 Å². The predicted octanol–water partition coefficient (Wildman–Crippen LogP) is 3.05. The maximum Gasteiger partial charge on any atom is 0.231 e. The quantitative estimate of drug-likeness (QED) is 0.442. The van der Waals surface area contributed by atoms with Crippen molar-refractivity contribution in [2.24, 2.45) is 0 Å². The number of rotatable bonds is 3. The van der Waals surface area contributed by atoms with Gasteiger partial charge in [-0.15, -0.1) is 4.33 Å². The van der Waals surface area contributed by atoms with Crippen LogP contribution >= 0.6 is 12.0 Å². The van der Waals surface area contributed by atoms with Crippen LogP contribution in [0.1, 0.15) is 32.2 Å². The number of hydrogen-bond acceptors (Lipinski definition) is 5. The van der Waals surface area contributed by atoms with Gasteiger partial charge >= 0.3 is 0 Å². The zero-order valence-corrected chi connectivity index (χ0v) is 9.90. The van der Waals surface area contributed by atoms with Gasteiger partial charge in [-0.2, -0.15) is 0 Å². The molecule has 14 heavy (non-hydrogen) atoms. The highest BCUT2D eigenvalue weighted by molar-refractivity contribution is 7.95. The molecule has 0 unspecified atom stereocenters. The van der Waals surface area contributed by atoms with Gasteiger partial charge in [0, 0.05) is 11.7 Å². The average Bonchev–Trinajstić information content (AvgIpc) is 2.33. The second-order valence-corrected chi connectivity index (χ2v) is 5.53. The van der Waals surface area contributed by atoms with Gasteiger partial charge < -0.3 is 9.41 Å². The summed E-state index contributed by atoms with van der Waals surface area (Å²) in [4.78, 5) is 5.09. The summed E-state index contributed by atoms with van der Waals surface area (Å²) >= 11 is 1.26. The van der Waals surface area contributed by atoms with E-state index in [4.69, 9.17) is 13.7 Å². The van der Waals surface area contributed by atoms with E-state index in [-0.39, 0.29) is 4.75 Å². The van der Waals surface area contributed by atoms with Gasteiger partial charge in [-0.3, -0.25) is 0 Å². The van der Waals surface area contributed by atoms with E-state index in [2.05, 4.69) is 5.16 Å². The highest BCUT2D eigenvalue weighted by Gasteiger charge is 2.16. The first-order chi connectivity index (χ1) is 6.40. The van der Waals surface area contributed by atoms with E-state index in [1.807, 2.05) is 20.8 Å². The van der Waals surface area contributed by atoms with E-state index in [1.54, 1.807) is 13.8 Å². The number of aryl methyl sites for hydroxylation is 2. The van der Waals surface area contributed by atoms with Crippen molar-refractivity contribution in [3.8, 4) is 5.75 Å². The van der Waals surface area contributed by atoms with Crippen LogP contribution in [-0.4, -0.2) is 9.90 Å². The van der Waals surface area contributed by atoms with Gasteiger partial charge in [-0.1, -0.05) is 5.16 Å². The van der Waals surface area contributed by atoms with Gasteiger partial charge in [0.2, 0.25) is 5.75 Å². The molecule has 0 bridgehead atoms. The molecule has 1 rings (SSSR count). The highest BCUT2D eigenvalue weighted by atomic mass is 32.2. The fourth-order valence-electron chi connectivity index (χ4n) is 0.747. The van der Waals surface area contributed by atoms with Crippen molar-refractivity contribution in [1.82, 2.24) is 5.16 Å². The minimum atomic E-state index is -0.00102. The van der Waals surface area contributed by atoms with Crippen LogP contribution in [-0.2, 0) is 4.33 Å². The van der Waals surface area contributed by atoms with Crippen molar-refractivity contribution in [2.75, 3.05) is 0 Å². The van der Waals surface area contributed by atoms with E-state index in [1.165, 1.54) is 12.0 Å². The molecule has 0 aliphatic heterocycles. The highest BCUT2D eigenvalue weighted by Crippen LogP contribution is 2.28. The Labute approximate surface area is 88.1 Å². The minimum Gasteiger partial charge on any atom is -0.357 e. The van der Waals surface area contributed by atoms with Crippen LogP contribution in [0.4, 0.5) is 0 Å². The molecular formula is C9H15NO3S. The van der Waals surface area contributed by atoms with Crippen LogP contribution < -0.4 is 4.89 Å². The third kappa shape index (κ3) is 3.23. The maximum atomic E-state index is 5.09. The zero-order valence-electron chi connectivity index (χ0n) is 9.08. The van der Waals surface area contributed by atoms with Gasteiger partial charge in [0.15, 0.2) is 5.76 Å². The van der Waals surface area contributed by atoms with E-state index < -0.39 is 0 Å². The molecule has 1 aromatic heterocycles. The maximum absolute atomic E-state index is 5.09. The van der Waals surface area contributed by atoms with Gasteiger partial charge in [-0.25, -0.2) is 0 Å². The Bertz CT molecular complexity index is 284. The third-order valence-electron chi connectivity index (χ3n) is 1.37.